The van der Waals surface area contributed by atoms with Gasteiger partial charge in [-0.25, -0.2) is 0 Å². The van der Waals surface area contributed by atoms with Gasteiger partial charge in [0.05, 0.1) is 5.41 Å². The molecular weight excluding hydrogens is 260 g/mol. The summed E-state index contributed by atoms with van der Waals surface area (Å²) >= 11 is 0. The zero-order chi connectivity index (χ0) is 16.0. The summed E-state index contributed by atoms with van der Waals surface area (Å²) in [4.78, 5) is 14.4. The summed E-state index contributed by atoms with van der Waals surface area (Å²) in [6.07, 6.45) is 2.95. The Morgan fingerprint density at radius 3 is 2.19 bits per heavy atom. The third-order valence-electron chi connectivity index (χ3n) is 4.39. The summed E-state index contributed by atoms with van der Waals surface area (Å²) < 4.78 is 0. The van der Waals surface area contributed by atoms with E-state index in [4.69, 9.17) is 5.73 Å². The van der Waals surface area contributed by atoms with Crippen LogP contribution in [0.2, 0.25) is 0 Å². The van der Waals surface area contributed by atoms with Crippen LogP contribution < -0.4 is 5.73 Å². The molecule has 0 saturated heterocycles. The number of nitrogens with two attached hydrogens (primary N) is 1. The number of amides is 1. The highest BCUT2D eigenvalue weighted by molar-refractivity contribution is 5.87. The molecule has 3 heteroatoms. The highest BCUT2D eigenvalue weighted by atomic mass is 16.1. The summed E-state index contributed by atoms with van der Waals surface area (Å²) in [6.45, 7) is 7.19. The molecule has 1 unspecified atom stereocenters. The molecule has 0 aliphatic rings. The SMILES string of the molecule is CCCc1ccc(C(CCN(C)C)(C(N)=O)C(C)C)cc1. The van der Waals surface area contributed by atoms with Crippen molar-refractivity contribution in [3.8, 4) is 0 Å². The molecule has 118 valence electrons. The van der Waals surface area contributed by atoms with Gasteiger partial charge in [-0.2, -0.15) is 0 Å². The van der Waals surface area contributed by atoms with Crippen molar-refractivity contribution in [1.29, 1.82) is 0 Å². The molecule has 0 radical (unpaired) electrons. The van der Waals surface area contributed by atoms with Gasteiger partial charge in [-0.1, -0.05) is 51.5 Å². The van der Waals surface area contributed by atoms with E-state index in [1.165, 1.54) is 5.56 Å². The number of primary amides is 1. The van der Waals surface area contributed by atoms with Gasteiger partial charge in [0.25, 0.3) is 0 Å². The van der Waals surface area contributed by atoms with E-state index >= 15 is 0 Å². The summed E-state index contributed by atoms with van der Waals surface area (Å²) in [5, 5.41) is 0. The van der Waals surface area contributed by atoms with Gasteiger partial charge in [0.1, 0.15) is 0 Å². The maximum atomic E-state index is 12.3. The van der Waals surface area contributed by atoms with Gasteiger partial charge in [-0.15, -0.1) is 0 Å². The van der Waals surface area contributed by atoms with Gasteiger partial charge in [0, 0.05) is 0 Å². The Balaban J connectivity index is 3.18. The molecule has 21 heavy (non-hydrogen) atoms. The fourth-order valence-electron chi connectivity index (χ4n) is 2.97. The van der Waals surface area contributed by atoms with Crippen LogP contribution >= 0.6 is 0 Å². The molecule has 1 rings (SSSR count). The second-order valence-corrected chi connectivity index (χ2v) is 6.49. The van der Waals surface area contributed by atoms with Gasteiger partial charge in [0.2, 0.25) is 5.91 Å². The number of benzene rings is 1. The quantitative estimate of drug-likeness (QED) is 0.800. The van der Waals surface area contributed by atoms with E-state index in [0.29, 0.717) is 0 Å². The lowest BCUT2D eigenvalue weighted by Crippen LogP contribution is -2.47. The Morgan fingerprint density at radius 1 is 1.24 bits per heavy atom. The molecule has 0 bridgehead atoms. The number of rotatable bonds is 8. The minimum atomic E-state index is -0.588. The van der Waals surface area contributed by atoms with Crippen molar-refractivity contribution in [2.75, 3.05) is 20.6 Å². The molecular formula is C18H30N2O. The van der Waals surface area contributed by atoms with Gasteiger partial charge in [-0.05, 0) is 50.5 Å². The minimum absolute atomic E-state index is 0.173. The fraction of sp³-hybridized carbons (Fsp3) is 0.611. The zero-order valence-electron chi connectivity index (χ0n) is 14.1. The molecule has 0 heterocycles. The number of aryl methyl sites for hydroxylation is 1. The van der Waals surface area contributed by atoms with Crippen molar-refractivity contribution in [2.24, 2.45) is 11.7 Å². The first-order valence-corrected chi connectivity index (χ1v) is 7.88. The molecule has 0 fully saturated rings. The van der Waals surface area contributed by atoms with Crippen LogP contribution in [0.4, 0.5) is 0 Å². The summed E-state index contributed by atoms with van der Waals surface area (Å²) in [7, 11) is 4.05. The number of carbonyl (C=O) groups excluding carboxylic acids is 1. The lowest BCUT2D eigenvalue weighted by atomic mass is 9.68. The lowest BCUT2D eigenvalue weighted by Gasteiger charge is -2.36. The monoisotopic (exact) mass is 290 g/mol. The predicted octanol–water partition coefficient (Wildman–Crippen LogP) is 2.97. The normalized spacial score (nSPS) is 14.4. The lowest BCUT2D eigenvalue weighted by molar-refractivity contribution is -0.125. The molecule has 1 aromatic rings. The Labute approximate surface area is 129 Å². The Kier molecular flexibility index (Phi) is 6.41. The molecule has 0 aliphatic heterocycles. The summed E-state index contributed by atoms with van der Waals surface area (Å²) in [5.74, 6) is -0.0467. The number of carbonyl (C=O) groups is 1. The van der Waals surface area contributed by atoms with Crippen LogP contribution in [0, 0.1) is 5.92 Å². The van der Waals surface area contributed by atoms with Crippen molar-refractivity contribution < 1.29 is 4.79 Å². The molecule has 1 atom stereocenters. The van der Waals surface area contributed by atoms with Crippen LogP contribution in [0.3, 0.4) is 0 Å². The molecule has 2 N–H and O–H groups in total. The molecule has 3 nitrogen and oxygen atoms in total. The predicted molar refractivity (Wildman–Crippen MR) is 89.3 cm³/mol. The Hall–Kier alpha value is -1.35. The highest BCUT2D eigenvalue weighted by Crippen LogP contribution is 2.36. The van der Waals surface area contributed by atoms with Crippen LogP contribution in [-0.2, 0) is 16.6 Å². The van der Waals surface area contributed by atoms with Crippen molar-refractivity contribution in [3.63, 3.8) is 0 Å². The fourth-order valence-corrected chi connectivity index (χ4v) is 2.97. The van der Waals surface area contributed by atoms with Crippen molar-refractivity contribution in [2.45, 2.75) is 45.4 Å². The van der Waals surface area contributed by atoms with Gasteiger partial charge in [-0.3, -0.25) is 4.79 Å². The van der Waals surface area contributed by atoms with E-state index in [2.05, 4.69) is 49.9 Å². The minimum Gasteiger partial charge on any atom is -0.369 e. The van der Waals surface area contributed by atoms with Crippen molar-refractivity contribution >= 4 is 5.91 Å². The van der Waals surface area contributed by atoms with Crippen LogP contribution in [0.5, 0.6) is 0 Å². The number of hydrogen-bond acceptors (Lipinski definition) is 2. The average Bonchev–Trinajstić information content (AvgIpc) is 2.40. The third kappa shape index (κ3) is 4.07. The molecule has 0 aromatic heterocycles. The van der Waals surface area contributed by atoms with Gasteiger partial charge < -0.3 is 10.6 Å². The first kappa shape index (κ1) is 17.7. The van der Waals surface area contributed by atoms with E-state index in [-0.39, 0.29) is 11.8 Å². The van der Waals surface area contributed by atoms with Crippen LogP contribution in [0.1, 0.15) is 44.7 Å². The number of nitrogens with zero attached hydrogens (tertiary/aromatic N) is 1. The van der Waals surface area contributed by atoms with E-state index in [1.807, 2.05) is 14.1 Å². The van der Waals surface area contributed by atoms with Crippen molar-refractivity contribution in [1.82, 2.24) is 4.90 Å². The van der Waals surface area contributed by atoms with Crippen LogP contribution in [0.25, 0.3) is 0 Å². The van der Waals surface area contributed by atoms with Crippen LogP contribution in [0.15, 0.2) is 24.3 Å². The van der Waals surface area contributed by atoms with Gasteiger partial charge in [0.15, 0.2) is 0 Å². The second kappa shape index (κ2) is 7.60. The molecule has 1 amide bonds. The third-order valence-corrected chi connectivity index (χ3v) is 4.39. The van der Waals surface area contributed by atoms with E-state index < -0.39 is 5.41 Å². The maximum Gasteiger partial charge on any atom is 0.228 e. The average molecular weight is 290 g/mol. The maximum absolute atomic E-state index is 12.3. The molecule has 0 spiro atoms. The Bertz CT molecular complexity index is 451. The molecule has 0 aliphatic carbocycles. The topological polar surface area (TPSA) is 46.3 Å². The zero-order valence-corrected chi connectivity index (χ0v) is 14.1. The highest BCUT2D eigenvalue weighted by Gasteiger charge is 2.41. The smallest absolute Gasteiger partial charge is 0.228 e. The standard InChI is InChI=1S/C18H30N2O/c1-6-7-15-8-10-16(11-9-15)18(14(2)3,17(19)21)12-13-20(4)5/h8-11,14H,6-7,12-13H2,1-5H3,(H2,19,21). The molecule has 1 aromatic carbocycles. The molecule has 0 saturated carbocycles. The second-order valence-electron chi connectivity index (χ2n) is 6.49. The largest absolute Gasteiger partial charge is 0.369 e. The number of hydrogen-bond donors (Lipinski definition) is 1. The summed E-state index contributed by atoms with van der Waals surface area (Å²) in [5.41, 5.74) is 7.61. The van der Waals surface area contributed by atoms with E-state index in [1.54, 1.807) is 0 Å². The van der Waals surface area contributed by atoms with E-state index in [9.17, 15) is 4.79 Å². The first-order chi connectivity index (χ1) is 9.84. The summed E-state index contributed by atoms with van der Waals surface area (Å²) in [6, 6.07) is 8.44. The first-order valence-electron chi connectivity index (χ1n) is 7.88. The Morgan fingerprint density at radius 2 is 1.81 bits per heavy atom. The van der Waals surface area contributed by atoms with E-state index in [0.717, 1.165) is 31.4 Å². The van der Waals surface area contributed by atoms with Crippen LogP contribution in [-0.4, -0.2) is 31.4 Å². The van der Waals surface area contributed by atoms with Crippen molar-refractivity contribution in [3.05, 3.63) is 35.4 Å². The van der Waals surface area contributed by atoms with Gasteiger partial charge >= 0.3 is 0 Å².